The standard InChI is InChI=1S/C18H24ClN3O3.ClH/c19-15-4-2-1-3-13(15)12-22-10-7-20-16(18(22)25)11-17(24)21-8-5-14(23)6-9-21;/h1-4,14,16,20,23H,5-12H2;1H. The Hall–Kier alpha value is -1.34. The van der Waals surface area contributed by atoms with Crippen molar-refractivity contribution in [1.82, 2.24) is 15.1 Å². The first kappa shape index (κ1) is 21.0. The van der Waals surface area contributed by atoms with Crippen molar-refractivity contribution in [3.8, 4) is 0 Å². The number of rotatable bonds is 4. The van der Waals surface area contributed by atoms with Crippen molar-refractivity contribution >= 4 is 35.8 Å². The third kappa shape index (κ3) is 5.10. The molecule has 1 aromatic rings. The molecule has 2 aliphatic rings. The van der Waals surface area contributed by atoms with Gasteiger partial charge >= 0.3 is 0 Å². The number of amides is 2. The molecule has 0 aliphatic carbocycles. The number of hydrogen-bond donors (Lipinski definition) is 2. The highest BCUT2D eigenvalue weighted by molar-refractivity contribution is 6.31. The fraction of sp³-hybridized carbons (Fsp3) is 0.556. The molecule has 0 saturated carbocycles. The van der Waals surface area contributed by atoms with E-state index in [1.54, 1.807) is 9.80 Å². The van der Waals surface area contributed by atoms with E-state index in [0.29, 0.717) is 50.6 Å². The molecule has 2 heterocycles. The van der Waals surface area contributed by atoms with E-state index >= 15 is 0 Å². The number of nitrogens with one attached hydrogen (secondary N) is 1. The predicted molar refractivity (Wildman–Crippen MR) is 102 cm³/mol. The first-order valence-electron chi connectivity index (χ1n) is 8.76. The summed E-state index contributed by atoms with van der Waals surface area (Å²) < 4.78 is 0. The Morgan fingerprint density at radius 3 is 2.62 bits per heavy atom. The molecular formula is C18H25Cl2N3O3. The van der Waals surface area contributed by atoms with Crippen LogP contribution in [0.3, 0.4) is 0 Å². The van der Waals surface area contributed by atoms with Gasteiger partial charge in [-0.1, -0.05) is 29.8 Å². The van der Waals surface area contributed by atoms with Crippen LogP contribution in [0, 0.1) is 0 Å². The molecule has 0 aromatic heterocycles. The van der Waals surface area contributed by atoms with Gasteiger partial charge in [0.05, 0.1) is 18.6 Å². The Bertz CT molecular complexity index is 636. The number of piperazine rings is 1. The zero-order chi connectivity index (χ0) is 17.8. The first-order chi connectivity index (χ1) is 12.0. The number of aliphatic hydroxyl groups excluding tert-OH is 1. The second-order valence-corrected chi connectivity index (χ2v) is 7.08. The molecule has 1 atom stereocenters. The van der Waals surface area contributed by atoms with Crippen molar-refractivity contribution in [3.05, 3.63) is 34.9 Å². The van der Waals surface area contributed by atoms with Crippen LogP contribution in [0.4, 0.5) is 0 Å². The smallest absolute Gasteiger partial charge is 0.240 e. The second kappa shape index (κ2) is 9.55. The molecule has 0 bridgehead atoms. The predicted octanol–water partition coefficient (Wildman–Crippen LogP) is 1.44. The molecule has 144 valence electrons. The molecule has 3 rings (SSSR count). The molecule has 1 aromatic carbocycles. The molecule has 2 N–H and O–H groups in total. The first-order valence-corrected chi connectivity index (χ1v) is 9.14. The van der Waals surface area contributed by atoms with Crippen LogP contribution in [-0.4, -0.2) is 65.0 Å². The van der Waals surface area contributed by atoms with E-state index in [2.05, 4.69) is 5.32 Å². The summed E-state index contributed by atoms with van der Waals surface area (Å²) in [4.78, 5) is 28.7. The molecule has 8 heteroatoms. The summed E-state index contributed by atoms with van der Waals surface area (Å²) in [6.07, 6.45) is 1.06. The van der Waals surface area contributed by atoms with Crippen molar-refractivity contribution in [3.63, 3.8) is 0 Å². The van der Waals surface area contributed by atoms with Gasteiger partial charge in [-0.2, -0.15) is 0 Å². The zero-order valence-corrected chi connectivity index (χ0v) is 16.1. The number of aliphatic hydroxyl groups is 1. The fourth-order valence-corrected chi connectivity index (χ4v) is 3.55. The summed E-state index contributed by atoms with van der Waals surface area (Å²) in [6, 6.07) is 7.00. The van der Waals surface area contributed by atoms with Gasteiger partial charge in [-0.3, -0.25) is 9.59 Å². The van der Waals surface area contributed by atoms with Gasteiger partial charge in [0.2, 0.25) is 11.8 Å². The number of piperidine rings is 1. The number of hydrogen-bond acceptors (Lipinski definition) is 4. The lowest BCUT2D eigenvalue weighted by Crippen LogP contribution is -2.56. The average Bonchev–Trinajstić information content (AvgIpc) is 2.61. The van der Waals surface area contributed by atoms with Crippen LogP contribution >= 0.6 is 24.0 Å². The maximum Gasteiger partial charge on any atom is 0.240 e. The van der Waals surface area contributed by atoms with Crippen molar-refractivity contribution in [2.24, 2.45) is 0 Å². The lowest BCUT2D eigenvalue weighted by molar-refractivity contribution is -0.142. The van der Waals surface area contributed by atoms with E-state index in [9.17, 15) is 14.7 Å². The third-order valence-electron chi connectivity index (χ3n) is 4.90. The Balaban J connectivity index is 0.00000243. The third-order valence-corrected chi connectivity index (χ3v) is 5.27. The summed E-state index contributed by atoms with van der Waals surface area (Å²) in [7, 11) is 0. The highest BCUT2D eigenvalue weighted by Crippen LogP contribution is 2.19. The van der Waals surface area contributed by atoms with Gasteiger partial charge < -0.3 is 20.2 Å². The Kier molecular flexibility index (Phi) is 7.70. The monoisotopic (exact) mass is 401 g/mol. The topological polar surface area (TPSA) is 72.9 Å². The second-order valence-electron chi connectivity index (χ2n) is 6.67. The van der Waals surface area contributed by atoms with Gasteiger partial charge in [0, 0.05) is 37.7 Å². The summed E-state index contributed by atoms with van der Waals surface area (Å²) in [6.45, 7) is 2.84. The number of carbonyl (C=O) groups is 2. The quantitative estimate of drug-likeness (QED) is 0.800. The van der Waals surface area contributed by atoms with Crippen molar-refractivity contribution in [1.29, 1.82) is 0 Å². The minimum Gasteiger partial charge on any atom is -0.393 e. The van der Waals surface area contributed by atoms with Crippen LogP contribution in [0.15, 0.2) is 24.3 Å². The highest BCUT2D eigenvalue weighted by atomic mass is 35.5. The maximum atomic E-state index is 12.7. The molecule has 1 unspecified atom stereocenters. The lowest BCUT2D eigenvalue weighted by Gasteiger charge is -2.35. The molecule has 26 heavy (non-hydrogen) atoms. The van der Waals surface area contributed by atoms with Crippen molar-refractivity contribution in [2.75, 3.05) is 26.2 Å². The Morgan fingerprint density at radius 2 is 1.92 bits per heavy atom. The van der Waals surface area contributed by atoms with Crippen molar-refractivity contribution < 1.29 is 14.7 Å². The number of nitrogens with zero attached hydrogens (tertiary/aromatic N) is 2. The summed E-state index contributed by atoms with van der Waals surface area (Å²) in [5.74, 6) is -0.0890. The number of benzene rings is 1. The van der Waals surface area contributed by atoms with Gasteiger partial charge in [0.15, 0.2) is 0 Å². The SMILES string of the molecule is Cl.O=C(CC1NCCN(Cc2ccccc2Cl)C1=O)N1CCC(O)CC1. The molecule has 2 amide bonds. The number of halogens is 2. The van der Waals surface area contributed by atoms with E-state index < -0.39 is 6.04 Å². The zero-order valence-electron chi connectivity index (χ0n) is 14.6. The van der Waals surface area contributed by atoms with Crippen LogP contribution in [0.2, 0.25) is 5.02 Å². The van der Waals surface area contributed by atoms with E-state index in [1.165, 1.54) is 0 Å². The molecule has 0 radical (unpaired) electrons. The van der Waals surface area contributed by atoms with Gasteiger partial charge in [0.25, 0.3) is 0 Å². The Morgan fingerprint density at radius 1 is 1.23 bits per heavy atom. The van der Waals surface area contributed by atoms with E-state index in [4.69, 9.17) is 11.6 Å². The average molecular weight is 402 g/mol. The van der Waals surface area contributed by atoms with Gasteiger partial charge in [-0.05, 0) is 24.5 Å². The largest absolute Gasteiger partial charge is 0.393 e. The number of carbonyl (C=O) groups excluding carboxylic acids is 2. The van der Waals surface area contributed by atoms with E-state index in [0.717, 1.165) is 5.56 Å². The van der Waals surface area contributed by atoms with E-state index in [-0.39, 0.29) is 36.7 Å². The van der Waals surface area contributed by atoms with Gasteiger partial charge in [-0.15, -0.1) is 12.4 Å². The van der Waals surface area contributed by atoms with Crippen LogP contribution in [0.1, 0.15) is 24.8 Å². The number of likely N-dealkylation sites (tertiary alicyclic amines) is 1. The lowest BCUT2D eigenvalue weighted by atomic mass is 10.0. The fourth-order valence-electron chi connectivity index (χ4n) is 3.36. The normalized spacial score (nSPS) is 21.5. The highest BCUT2D eigenvalue weighted by Gasteiger charge is 2.32. The summed E-state index contributed by atoms with van der Waals surface area (Å²) >= 11 is 6.19. The minimum absolute atomic E-state index is 0. The van der Waals surface area contributed by atoms with Crippen LogP contribution in [0.25, 0.3) is 0 Å². The van der Waals surface area contributed by atoms with Crippen LogP contribution in [0.5, 0.6) is 0 Å². The summed E-state index contributed by atoms with van der Waals surface area (Å²) in [5.41, 5.74) is 0.912. The molecule has 2 saturated heterocycles. The molecule has 6 nitrogen and oxygen atoms in total. The molecule has 2 fully saturated rings. The summed E-state index contributed by atoms with van der Waals surface area (Å²) in [5, 5.41) is 13.4. The molecule has 0 spiro atoms. The van der Waals surface area contributed by atoms with Crippen LogP contribution < -0.4 is 5.32 Å². The van der Waals surface area contributed by atoms with Gasteiger partial charge in [-0.25, -0.2) is 0 Å². The molecule has 2 aliphatic heterocycles. The Labute approximate surface area is 164 Å². The molecular weight excluding hydrogens is 377 g/mol. The van der Waals surface area contributed by atoms with Crippen molar-refractivity contribution in [2.45, 2.75) is 38.0 Å². The van der Waals surface area contributed by atoms with Gasteiger partial charge in [0.1, 0.15) is 0 Å². The van der Waals surface area contributed by atoms with E-state index in [1.807, 2.05) is 24.3 Å². The maximum absolute atomic E-state index is 12.7. The van der Waals surface area contributed by atoms with Crippen LogP contribution in [-0.2, 0) is 16.1 Å². The minimum atomic E-state index is -0.490.